The number of aliphatic carboxylic acids is 1. The van der Waals surface area contributed by atoms with Gasteiger partial charge in [-0.2, -0.15) is 0 Å². The molecule has 1 rings (SSSR count). The van der Waals surface area contributed by atoms with Gasteiger partial charge in [0, 0.05) is 6.08 Å². The third-order valence-corrected chi connectivity index (χ3v) is 2.90. The Bertz CT molecular complexity index is 473. The maximum Gasteiger partial charge on any atom is 0.328 e. The molecule has 98 valence electrons. The molecule has 0 fully saturated rings. The fraction of sp³-hybridized carbons (Fsp3) is 0.400. The first kappa shape index (κ1) is 14.3. The maximum atomic E-state index is 10.9. The molecular formula is C15H20O3. The summed E-state index contributed by atoms with van der Waals surface area (Å²) < 4.78 is 5.27. The van der Waals surface area contributed by atoms with Crippen LogP contribution in [0.2, 0.25) is 0 Å². The molecule has 0 bridgehead atoms. The van der Waals surface area contributed by atoms with E-state index in [4.69, 9.17) is 9.84 Å². The predicted octanol–water partition coefficient (Wildman–Crippen LogP) is 3.58. The minimum Gasteiger partial charge on any atom is -0.496 e. The molecule has 3 heteroatoms. The van der Waals surface area contributed by atoms with E-state index in [0.29, 0.717) is 0 Å². The Balaban J connectivity index is 3.29. The van der Waals surface area contributed by atoms with Gasteiger partial charge >= 0.3 is 5.97 Å². The second-order valence-electron chi connectivity index (χ2n) is 4.39. The van der Waals surface area contributed by atoms with E-state index in [0.717, 1.165) is 40.9 Å². The smallest absolute Gasteiger partial charge is 0.328 e. The molecule has 3 nitrogen and oxygen atoms in total. The van der Waals surface area contributed by atoms with E-state index < -0.39 is 5.97 Å². The summed E-state index contributed by atoms with van der Waals surface area (Å²) in [4.78, 5) is 10.9. The van der Waals surface area contributed by atoms with Gasteiger partial charge in [-0.05, 0) is 54.7 Å². The Morgan fingerprint density at radius 2 is 2.00 bits per heavy atom. The zero-order chi connectivity index (χ0) is 13.7. The lowest BCUT2D eigenvalue weighted by atomic mass is 9.94. The van der Waals surface area contributed by atoms with E-state index in [1.165, 1.54) is 6.08 Å². The number of ether oxygens (including phenoxy) is 1. The van der Waals surface area contributed by atoms with Crippen molar-refractivity contribution in [3.05, 3.63) is 34.9 Å². The van der Waals surface area contributed by atoms with Gasteiger partial charge in [0.15, 0.2) is 0 Å². The summed E-state index contributed by atoms with van der Waals surface area (Å²) in [5.41, 5.74) is 3.93. The van der Waals surface area contributed by atoms with Crippen molar-refractivity contribution in [2.24, 2.45) is 0 Å². The monoisotopic (exact) mass is 248 g/mol. The molecule has 18 heavy (non-hydrogen) atoms. The molecule has 0 saturated carbocycles. The van der Waals surface area contributed by atoms with Crippen LogP contribution in [0, 0.1) is 13.8 Å². The molecule has 0 heterocycles. The minimum atomic E-state index is -0.897. The van der Waals surface area contributed by atoms with Gasteiger partial charge in [0.1, 0.15) is 5.75 Å². The van der Waals surface area contributed by atoms with Crippen LogP contribution in [0.5, 0.6) is 5.75 Å². The number of hydrogen-bond donors (Lipinski definition) is 1. The number of carbonyl (C=O) groups is 1. The average molecular weight is 248 g/mol. The Hall–Kier alpha value is -1.77. The molecule has 0 spiro atoms. The second-order valence-corrected chi connectivity index (χ2v) is 4.39. The summed E-state index contributed by atoms with van der Waals surface area (Å²) in [5, 5.41) is 8.93. The number of benzene rings is 1. The third kappa shape index (κ3) is 3.36. The number of hydrogen-bond acceptors (Lipinski definition) is 2. The summed E-state index contributed by atoms with van der Waals surface area (Å²) in [6, 6.07) is 3.95. The quantitative estimate of drug-likeness (QED) is 0.810. The zero-order valence-corrected chi connectivity index (χ0v) is 11.4. The van der Waals surface area contributed by atoms with Crippen molar-refractivity contribution >= 4 is 11.5 Å². The lowest BCUT2D eigenvalue weighted by Crippen LogP contribution is -1.97. The zero-order valence-electron chi connectivity index (χ0n) is 11.4. The number of carboxylic acids is 1. The Kier molecular flexibility index (Phi) is 4.95. The van der Waals surface area contributed by atoms with Gasteiger partial charge in [0.25, 0.3) is 0 Å². The van der Waals surface area contributed by atoms with Gasteiger partial charge in [-0.1, -0.05) is 13.3 Å². The van der Waals surface area contributed by atoms with Crippen molar-refractivity contribution in [2.75, 3.05) is 7.11 Å². The first-order valence-corrected chi connectivity index (χ1v) is 6.08. The molecule has 0 saturated heterocycles. The van der Waals surface area contributed by atoms with Crippen molar-refractivity contribution in [2.45, 2.75) is 33.6 Å². The predicted molar refractivity (Wildman–Crippen MR) is 73.0 cm³/mol. The average Bonchev–Trinajstić information content (AvgIpc) is 2.30. The SMILES string of the molecule is CCC/C(=C\C(=O)O)c1cc(C)c(OC)cc1C. The Morgan fingerprint density at radius 1 is 1.33 bits per heavy atom. The van der Waals surface area contributed by atoms with Crippen molar-refractivity contribution in [1.82, 2.24) is 0 Å². The first-order chi connectivity index (χ1) is 8.49. The molecule has 0 aliphatic heterocycles. The van der Waals surface area contributed by atoms with Gasteiger partial charge in [-0.3, -0.25) is 0 Å². The molecule has 0 aliphatic rings. The molecule has 1 aromatic rings. The summed E-state index contributed by atoms with van der Waals surface area (Å²) >= 11 is 0. The van der Waals surface area contributed by atoms with Gasteiger partial charge in [0.05, 0.1) is 7.11 Å². The molecule has 0 amide bonds. The van der Waals surface area contributed by atoms with E-state index >= 15 is 0 Å². The highest BCUT2D eigenvalue weighted by molar-refractivity contribution is 5.90. The fourth-order valence-electron chi connectivity index (χ4n) is 2.06. The first-order valence-electron chi connectivity index (χ1n) is 6.08. The highest BCUT2D eigenvalue weighted by Gasteiger charge is 2.10. The van der Waals surface area contributed by atoms with Gasteiger partial charge < -0.3 is 9.84 Å². The molecular weight excluding hydrogens is 228 g/mol. The summed E-state index contributed by atoms with van der Waals surface area (Å²) in [6.45, 7) is 5.98. The Morgan fingerprint density at radius 3 is 2.50 bits per heavy atom. The van der Waals surface area contributed by atoms with Crippen LogP contribution >= 0.6 is 0 Å². The van der Waals surface area contributed by atoms with Gasteiger partial charge in [0.2, 0.25) is 0 Å². The number of carboxylic acid groups (broad SMARTS) is 1. The van der Waals surface area contributed by atoms with Gasteiger partial charge in [-0.15, -0.1) is 0 Å². The van der Waals surface area contributed by atoms with E-state index in [-0.39, 0.29) is 0 Å². The topological polar surface area (TPSA) is 46.5 Å². The normalized spacial score (nSPS) is 11.4. The lowest BCUT2D eigenvalue weighted by Gasteiger charge is -2.13. The maximum absolute atomic E-state index is 10.9. The third-order valence-electron chi connectivity index (χ3n) is 2.90. The summed E-state index contributed by atoms with van der Waals surface area (Å²) in [7, 11) is 1.64. The lowest BCUT2D eigenvalue weighted by molar-refractivity contribution is -0.131. The van der Waals surface area contributed by atoms with Crippen molar-refractivity contribution in [3.8, 4) is 5.75 Å². The van der Waals surface area contributed by atoms with Crippen LogP contribution in [0.3, 0.4) is 0 Å². The van der Waals surface area contributed by atoms with Crippen LogP contribution in [0.1, 0.15) is 36.5 Å². The van der Waals surface area contributed by atoms with Crippen molar-refractivity contribution in [3.63, 3.8) is 0 Å². The van der Waals surface area contributed by atoms with Crippen LogP contribution < -0.4 is 4.74 Å². The summed E-state index contributed by atoms with van der Waals surface area (Å²) in [6.07, 6.45) is 2.99. The van der Waals surface area contributed by atoms with Crippen molar-refractivity contribution < 1.29 is 14.6 Å². The number of methoxy groups -OCH3 is 1. The molecule has 0 radical (unpaired) electrons. The highest BCUT2D eigenvalue weighted by atomic mass is 16.5. The van der Waals surface area contributed by atoms with Crippen LogP contribution in [0.25, 0.3) is 5.57 Å². The van der Waals surface area contributed by atoms with Crippen LogP contribution in [0.4, 0.5) is 0 Å². The summed E-state index contributed by atoms with van der Waals surface area (Å²) in [5.74, 6) is -0.0613. The van der Waals surface area contributed by atoms with Crippen LogP contribution in [-0.2, 0) is 4.79 Å². The highest BCUT2D eigenvalue weighted by Crippen LogP contribution is 2.29. The molecule has 0 atom stereocenters. The number of aryl methyl sites for hydroxylation is 2. The van der Waals surface area contributed by atoms with E-state index in [1.807, 2.05) is 32.9 Å². The number of rotatable bonds is 5. The van der Waals surface area contributed by atoms with Gasteiger partial charge in [-0.25, -0.2) is 4.79 Å². The van der Waals surface area contributed by atoms with Crippen LogP contribution in [-0.4, -0.2) is 18.2 Å². The molecule has 0 aliphatic carbocycles. The standard InChI is InChI=1S/C15H20O3/c1-5-6-12(9-15(16)17)13-7-11(3)14(18-4)8-10(13)2/h7-9H,5-6H2,1-4H3,(H,16,17)/b12-9+. The Labute approximate surface area is 108 Å². The molecule has 0 unspecified atom stereocenters. The van der Waals surface area contributed by atoms with Crippen molar-refractivity contribution in [1.29, 1.82) is 0 Å². The van der Waals surface area contributed by atoms with E-state index in [2.05, 4.69) is 0 Å². The fourth-order valence-corrected chi connectivity index (χ4v) is 2.06. The minimum absolute atomic E-state index is 0.763. The number of allylic oxidation sites excluding steroid dienone is 1. The second kappa shape index (κ2) is 6.24. The molecule has 1 aromatic carbocycles. The molecule has 0 aromatic heterocycles. The molecule has 1 N–H and O–H groups in total. The largest absolute Gasteiger partial charge is 0.496 e. The van der Waals surface area contributed by atoms with E-state index in [9.17, 15) is 4.79 Å². The van der Waals surface area contributed by atoms with E-state index in [1.54, 1.807) is 7.11 Å². The van der Waals surface area contributed by atoms with Crippen LogP contribution in [0.15, 0.2) is 18.2 Å².